The summed E-state index contributed by atoms with van der Waals surface area (Å²) in [5.74, 6) is 1.53. The van der Waals surface area contributed by atoms with E-state index >= 15 is 0 Å². The molecule has 5 nitrogen and oxygen atoms in total. The summed E-state index contributed by atoms with van der Waals surface area (Å²) in [5.41, 5.74) is 3.23. The first-order chi connectivity index (χ1) is 10.2. The molecule has 0 aliphatic rings. The Balaban J connectivity index is 1.80. The Morgan fingerprint density at radius 1 is 1.14 bits per heavy atom. The number of aromatic amines is 1. The summed E-state index contributed by atoms with van der Waals surface area (Å²) in [5, 5.41) is 10.5. The van der Waals surface area contributed by atoms with Gasteiger partial charge in [0.2, 0.25) is 0 Å². The molecule has 2 heterocycles. The number of anilines is 1. The normalized spacial score (nSPS) is 12.1. The molecule has 0 aliphatic carbocycles. The van der Waals surface area contributed by atoms with Crippen molar-refractivity contribution in [2.75, 3.05) is 5.32 Å². The Bertz CT molecular complexity index is 720. The Hall–Kier alpha value is -2.69. The number of hydrogen-bond donors (Lipinski definition) is 2. The van der Waals surface area contributed by atoms with Gasteiger partial charge in [0.25, 0.3) is 0 Å². The van der Waals surface area contributed by atoms with Crippen LogP contribution in [0, 0.1) is 6.92 Å². The average molecular weight is 279 g/mol. The topological polar surface area (TPSA) is 66.5 Å². The second-order valence-corrected chi connectivity index (χ2v) is 4.97. The van der Waals surface area contributed by atoms with E-state index in [9.17, 15) is 0 Å². The zero-order valence-electron chi connectivity index (χ0n) is 12.0. The van der Waals surface area contributed by atoms with Crippen molar-refractivity contribution < 1.29 is 0 Å². The van der Waals surface area contributed by atoms with Crippen LogP contribution in [0.2, 0.25) is 0 Å². The van der Waals surface area contributed by atoms with Crippen LogP contribution in [0.15, 0.2) is 48.8 Å². The Morgan fingerprint density at radius 3 is 2.67 bits per heavy atom. The van der Waals surface area contributed by atoms with Crippen LogP contribution in [-0.4, -0.2) is 20.2 Å². The highest BCUT2D eigenvalue weighted by atomic mass is 15.2. The van der Waals surface area contributed by atoms with Gasteiger partial charge in [0.15, 0.2) is 5.82 Å². The molecule has 0 fully saturated rings. The molecule has 21 heavy (non-hydrogen) atoms. The van der Waals surface area contributed by atoms with Crippen molar-refractivity contribution >= 4 is 5.69 Å². The lowest BCUT2D eigenvalue weighted by atomic mass is 10.1. The molecule has 1 unspecified atom stereocenters. The summed E-state index contributed by atoms with van der Waals surface area (Å²) in [6, 6.07) is 12.3. The highest BCUT2D eigenvalue weighted by molar-refractivity contribution is 5.62. The molecule has 0 amide bonds. The van der Waals surface area contributed by atoms with Crippen molar-refractivity contribution in [2.45, 2.75) is 19.9 Å². The molecular formula is C16H17N5. The predicted molar refractivity (Wildman–Crippen MR) is 82.8 cm³/mol. The van der Waals surface area contributed by atoms with Crippen LogP contribution in [0.4, 0.5) is 5.69 Å². The minimum atomic E-state index is 0.206. The molecule has 0 saturated heterocycles. The summed E-state index contributed by atoms with van der Waals surface area (Å²) in [6.45, 7) is 4.02. The average Bonchev–Trinajstić information content (AvgIpc) is 2.95. The maximum Gasteiger partial charge on any atom is 0.181 e. The number of aryl methyl sites for hydroxylation is 1. The quantitative estimate of drug-likeness (QED) is 0.768. The monoisotopic (exact) mass is 279 g/mol. The van der Waals surface area contributed by atoms with Gasteiger partial charge in [-0.3, -0.25) is 10.1 Å². The SMILES string of the molecule is Cc1nc(-c2cccc(NC(C)c3ccncc3)c2)n[nH]1. The molecule has 0 saturated carbocycles. The maximum absolute atomic E-state index is 4.36. The number of rotatable bonds is 4. The van der Waals surface area contributed by atoms with Gasteiger partial charge in [0, 0.05) is 29.7 Å². The van der Waals surface area contributed by atoms with Crippen molar-refractivity contribution in [1.82, 2.24) is 20.2 Å². The lowest BCUT2D eigenvalue weighted by Crippen LogP contribution is -2.06. The first kappa shape index (κ1) is 13.3. The van der Waals surface area contributed by atoms with Crippen LogP contribution in [-0.2, 0) is 0 Å². The number of benzene rings is 1. The van der Waals surface area contributed by atoms with Crippen molar-refractivity contribution in [2.24, 2.45) is 0 Å². The molecule has 5 heteroatoms. The second-order valence-electron chi connectivity index (χ2n) is 4.97. The van der Waals surface area contributed by atoms with E-state index in [2.05, 4.69) is 38.5 Å². The van der Waals surface area contributed by atoms with Crippen molar-refractivity contribution in [3.63, 3.8) is 0 Å². The standard InChI is InChI=1S/C16H17N5/c1-11(13-6-8-17-9-7-13)18-15-5-3-4-14(10-15)16-19-12(2)20-21-16/h3-11,18H,1-2H3,(H,19,20,21). The van der Waals surface area contributed by atoms with Gasteiger partial charge in [-0.15, -0.1) is 0 Å². The molecule has 0 bridgehead atoms. The molecule has 106 valence electrons. The fourth-order valence-electron chi connectivity index (χ4n) is 2.21. The Labute approximate surface area is 123 Å². The van der Waals surface area contributed by atoms with E-state index in [1.807, 2.05) is 37.3 Å². The van der Waals surface area contributed by atoms with Crippen LogP contribution in [0.3, 0.4) is 0 Å². The number of H-pyrrole nitrogens is 1. The largest absolute Gasteiger partial charge is 0.379 e. The van der Waals surface area contributed by atoms with Crippen LogP contribution < -0.4 is 5.32 Å². The zero-order valence-corrected chi connectivity index (χ0v) is 12.0. The highest BCUT2D eigenvalue weighted by Crippen LogP contribution is 2.23. The fraction of sp³-hybridized carbons (Fsp3) is 0.188. The van der Waals surface area contributed by atoms with Gasteiger partial charge in [0.05, 0.1) is 0 Å². The molecule has 0 aliphatic heterocycles. The van der Waals surface area contributed by atoms with Gasteiger partial charge in [-0.1, -0.05) is 12.1 Å². The van der Waals surface area contributed by atoms with Crippen molar-refractivity contribution in [3.8, 4) is 11.4 Å². The minimum absolute atomic E-state index is 0.206. The van der Waals surface area contributed by atoms with E-state index in [1.54, 1.807) is 12.4 Å². The van der Waals surface area contributed by atoms with Crippen LogP contribution in [0.25, 0.3) is 11.4 Å². The third-order valence-electron chi connectivity index (χ3n) is 3.31. The van der Waals surface area contributed by atoms with E-state index < -0.39 is 0 Å². The first-order valence-corrected chi connectivity index (χ1v) is 6.88. The third-order valence-corrected chi connectivity index (χ3v) is 3.31. The number of pyridine rings is 1. The molecule has 1 aromatic carbocycles. The number of nitrogens with zero attached hydrogens (tertiary/aromatic N) is 3. The van der Waals surface area contributed by atoms with Gasteiger partial charge in [-0.05, 0) is 43.7 Å². The summed E-state index contributed by atoms with van der Waals surface area (Å²) in [6.07, 6.45) is 3.61. The van der Waals surface area contributed by atoms with Crippen molar-refractivity contribution in [1.29, 1.82) is 0 Å². The Kier molecular flexibility index (Phi) is 3.64. The van der Waals surface area contributed by atoms with Gasteiger partial charge < -0.3 is 5.32 Å². The number of nitrogens with one attached hydrogen (secondary N) is 2. The summed E-state index contributed by atoms with van der Waals surface area (Å²) < 4.78 is 0. The van der Waals surface area contributed by atoms with Gasteiger partial charge in [-0.2, -0.15) is 5.10 Å². The predicted octanol–water partition coefficient (Wildman–Crippen LogP) is 3.35. The molecule has 0 spiro atoms. The molecule has 3 aromatic rings. The number of aromatic nitrogens is 4. The second kappa shape index (κ2) is 5.75. The smallest absolute Gasteiger partial charge is 0.181 e. The fourth-order valence-corrected chi connectivity index (χ4v) is 2.21. The van der Waals surface area contributed by atoms with Gasteiger partial charge in [0.1, 0.15) is 5.82 Å². The van der Waals surface area contributed by atoms with E-state index in [0.717, 1.165) is 17.1 Å². The number of hydrogen-bond acceptors (Lipinski definition) is 4. The van der Waals surface area contributed by atoms with Crippen molar-refractivity contribution in [3.05, 3.63) is 60.2 Å². The highest BCUT2D eigenvalue weighted by Gasteiger charge is 2.07. The summed E-state index contributed by atoms with van der Waals surface area (Å²) >= 11 is 0. The summed E-state index contributed by atoms with van der Waals surface area (Å²) in [7, 11) is 0. The van der Waals surface area contributed by atoms with Gasteiger partial charge >= 0.3 is 0 Å². The van der Waals surface area contributed by atoms with E-state index in [0.29, 0.717) is 5.82 Å². The minimum Gasteiger partial charge on any atom is -0.379 e. The third kappa shape index (κ3) is 3.08. The molecule has 0 radical (unpaired) electrons. The van der Waals surface area contributed by atoms with Crippen LogP contribution in [0.5, 0.6) is 0 Å². The Morgan fingerprint density at radius 2 is 1.95 bits per heavy atom. The molecule has 2 N–H and O–H groups in total. The van der Waals surface area contributed by atoms with Crippen LogP contribution in [0.1, 0.15) is 24.4 Å². The lowest BCUT2D eigenvalue weighted by molar-refractivity contribution is 0.881. The zero-order chi connectivity index (χ0) is 14.7. The van der Waals surface area contributed by atoms with Crippen LogP contribution >= 0.6 is 0 Å². The van der Waals surface area contributed by atoms with E-state index in [4.69, 9.17) is 0 Å². The maximum atomic E-state index is 4.36. The lowest BCUT2D eigenvalue weighted by Gasteiger charge is -2.15. The molecular weight excluding hydrogens is 262 g/mol. The van der Waals surface area contributed by atoms with Gasteiger partial charge in [-0.25, -0.2) is 4.98 Å². The molecule has 2 aromatic heterocycles. The first-order valence-electron chi connectivity index (χ1n) is 6.88. The van der Waals surface area contributed by atoms with E-state index in [1.165, 1.54) is 5.56 Å². The van der Waals surface area contributed by atoms with E-state index in [-0.39, 0.29) is 6.04 Å². The summed E-state index contributed by atoms with van der Waals surface area (Å²) in [4.78, 5) is 8.40. The molecule has 1 atom stereocenters. The molecule has 3 rings (SSSR count).